The minimum absolute atomic E-state index is 0.180. The largest absolute Gasteiger partial charge is 0.398 e. The Balaban J connectivity index is 2.74. The number of anilines is 1. The van der Waals surface area contributed by atoms with E-state index in [9.17, 15) is 9.90 Å². The van der Waals surface area contributed by atoms with E-state index >= 15 is 0 Å². The first kappa shape index (κ1) is 14.4. The number of nitrogens with two attached hydrogens (primary N) is 1. The molecule has 0 fully saturated rings. The van der Waals surface area contributed by atoms with Crippen molar-refractivity contribution in [2.24, 2.45) is 0 Å². The number of aliphatic hydroxyl groups excluding tert-OH is 1. The molecule has 0 saturated carbocycles. The van der Waals surface area contributed by atoms with Crippen LogP contribution in [-0.2, 0) is 4.74 Å². The summed E-state index contributed by atoms with van der Waals surface area (Å²) in [7, 11) is 3.09. The molecule has 18 heavy (non-hydrogen) atoms. The van der Waals surface area contributed by atoms with E-state index in [1.54, 1.807) is 20.0 Å². The molecule has 0 aliphatic heterocycles. The van der Waals surface area contributed by atoms with Gasteiger partial charge in [-0.2, -0.15) is 0 Å². The summed E-state index contributed by atoms with van der Waals surface area (Å²) in [6.07, 6.45) is 0.732. The molecule has 1 aromatic heterocycles. The zero-order chi connectivity index (χ0) is 13.7. The first-order valence-electron chi connectivity index (χ1n) is 5.60. The van der Waals surface area contributed by atoms with Gasteiger partial charge in [-0.15, -0.1) is 0 Å². The molecule has 0 radical (unpaired) electrons. The summed E-state index contributed by atoms with van der Waals surface area (Å²) in [5, 5.41) is 9.56. The normalized spacial score (nSPS) is 12.2. The highest BCUT2D eigenvalue weighted by molar-refractivity contribution is 5.98. The average molecular weight is 253 g/mol. The van der Waals surface area contributed by atoms with Crippen LogP contribution >= 0.6 is 0 Å². The van der Waals surface area contributed by atoms with E-state index in [0.717, 1.165) is 5.69 Å². The van der Waals surface area contributed by atoms with Gasteiger partial charge >= 0.3 is 0 Å². The van der Waals surface area contributed by atoms with Gasteiger partial charge in [0, 0.05) is 38.3 Å². The van der Waals surface area contributed by atoms with Crippen molar-refractivity contribution >= 4 is 11.6 Å². The van der Waals surface area contributed by atoms with Crippen molar-refractivity contribution in [2.45, 2.75) is 13.0 Å². The highest BCUT2D eigenvalue weighted by atomic mass is 16.5. The maximum absolute atomic E-state index is 12.1. The summed E-state index contributed by atoms with van der Waals surface area (Å²) in [6, 6.07) is 1.65. The lowest BCUT2D eigenvalue weighted by atomic mass is 10.2. The lowest BCUT2D eigenvalue weighted by Crippen LogP contribution is -2.36. The number of methoxy groups -OCH3 is 1. The second-order valence-corrected chi connectivity index (χ2v) is 4.21. The summed E-state index contributed by atoms with van der Waals surface area (Å²) in [4.78, 5) is 17.5. The molecule has 1 heterocycles. The third kappa shape index (κ3) is 3.68. The Morgan fingerprint density at radius 3 is 2.89 bits per heavy atom. The summed E-state index contributed by atoms with van der Waals surface area (Å²) < 4.78 is 4.80. The van der Waals surface area contributed by atoms with Crippen LogP contribution in [-0.4, -0.2) is 54.3 Å². The van der Waals surface area contributed by atoms with Gasteiger partial charge in [0.2, 0.25) is 0 Å². The van der Waals surface area contributed by atoms with Crippen LogP contribution in [0.15, 0.2) is 12.3 Å². The van der Waals surface area contributed by atoms with Crippen LogP contribution in [0.2, 0.25) is 0 Å². The molecular weight excluding hydrogens is 234 g/mol. The predicted octanol–water partition coefficient (Wildman–Crippen LogP) is 0.0515. The first-order valence-corrected chi connectivity index (χ1v) is 5.60. The SMILES string of the molecule is COCC(O)CN(C)C(=O)c1cnc(C)cc1N. The molecule has 0 aliphatic rings. The van der Waals surface area contributed by atoms with Gasteiger partial charge in [-0.25, -0.2) is 0 Å². The second kappa shape index (κ2) is 6.32. The van der Waals surface area contributed by atoms with E-state index in [-0.39, 0.29) is 19.1 Å². The number of hydrogen-bond acceptors (Lipinski definition) is 5. The summed E-state index contributed by atoms with van der Waals surface area (Å²) >= 11 is 0. The fourth-order valence-corrected chi connectivity index (χ4v) is 1.61. The Morgan fingerprint density at radius 1 is 1.67 bits per heavy atom. The molecule has 0 aromatic carbocycles. The van der Waals surface area contributed by atoms with Crippen molar-refractivity contribution in [3.8, 4) is 0 Å². The predicted molar refractivity (Wildman–Crippen MR) is 68.2 cm³/mol. The topological polar surface area (TPSA) is 88.7 Å². The van der Waals surface area contributed by atoms with Crippen LogP contribution in [0.4, 0.5) is 5.69 Å². The highest BCUT2D eigenvalue weighted by Crippen LogP contribution is 2.13. The first-order chi connectivity index (χ1) is 8.45. The van der Waals surface area contributed by atoms with E-state index in [1.807, 2.05) is 0 Å². The summed E-state index contributed by atoms with van der Waals surface area (Å²) in [5.74, 6) is -0.268. The van der Waals surface area contributed by atoms with Crippen molar-refractivity contribution < 1.29 is 14.6 Å². The third-order valence-corrected chi connectivity index (χ3v) is 2.49. The van der Waals surface area contributed by atoms with Crippen molar-refractivity contribution in [3.05, 3.63) is 23.5 Å². The molecule has 6 nitrogen and oxygen atoms in total. The van der Waals surface area contributed by atoms with Crippen molar-refractivity contribution in [2.75, 3.05) is 33.0 Å². The van der Waals surface area contributed by atoms with E-state index in [4.69, 9.17) is 10.5 Å². The number of aliphatic hydroxyl groups is 1. The minimum atomic E-state index is -0.719. The number of carbonyl (C=O) groups is 1. The molecule has 100 valence electrons. The van der Waals surface area contributed by atoms with Crippen LogP contribution in [0.5, 0.6) is 0 Å². The molecule has 1 atom stereocenters. The van der Waals surface area contributed by atoms with Crippen LogP contribution in [0.3, 0.4) is 0 Å². The van der Waals surface area contributed by atoms with Gasteiger partial charge in [0.05, 0.1) is 18.3 Å². The van der Waals surface area contributed by atoms with Crippen LogP contribution in [0, 0.1) is 6.92 Å². The molecule has 6 heteroatoms. The maximum Gasteiger partial charge on any atom is 0.257 e. The summed E-state index contributed by atoms with van der Waals surface area (Å²) in [5.41, 5.74) is 7.26. The molecule has 0 saturated heterocycles. The van der Waals surface area contributed by atoms with Crippen molar-refractivity contribution in [3.63, 3.8) is 0 Å². The monoisotopic (exact) mass is 253 g/mol. The Labute approximate surface area is 106 Å². The van der Waals surface area contributed by atoms with E-state index < -0.39 is 6.10 Å². The van der Waals surface area contributed by atoms with Gasteiger partial charge in [-0.3, -0.25) is 9.78 Å². The number of hydrogen-bond donors (Lipinski definition) is 2. The average Bonchev–Trinajstić information content (AvgIpc) is 2.28. The van der Waals surface area contributed by atoms with E-state index in [2.05, 4.69) is 4.98 Å². The zero-order valence-electron chi connectivity index (χ0n) is 10.9. The maximum atomic E-state index is 12.1. The van der Waals surface area contributed by atoms with Gasteiger partial charge in [-0.1, -0.05) is 0 Å². The Kier molecular flexibility index (Phi) is 5.06. The number of ether oxygens (including phenoxy) is 1. The number of rotatable bonds is 5. The quantitative estimate of drug-likeness (QED) is 0.774. The Hall–Kier alpha value is -1.66. The van der Waals surface area contributed by atoms with Crippen LogP contribution in [0.25, 0.3) is 0 Å². The fourth-order valence-electron chi connectivity index (χ4n) is 1.61. The van der Waals surface area contributed by atoms with Gasteiger partial charge in [0.1, 0.15) is 0 Å². The summed E-state index contributed by atoms with van der Waals surface area (Å²) in [6.45, 7) is 2.16. The number of nitrogens with zero attached hydrogens (tertiary/aromatic N) is 2. The Bertz CT molecular complexity index is 423. The smallest absolute Gasteiger partial charge is 0.257 e. The molecule has 1 unspecified atom stereocenters. The number of amides is 1. The molecule has 0 aliphatic carbocycles. The van der Waals surface area contributed by atoms with Gasteiger partial charge in [0.15, 0.2) is 0 Å². The number of pyridine rings is 1. The lowest BCUT2D eigenvalue weighted by Gasteiger charge is -2.21. The lowest BCUT2D eigenvalue weighted by molar-refractivity contribution is 0.0380. The molecule has 3 N–H and O–H groups in total. The van der Waals surface area contributed by atoms with Crippen LogP contribution < -0.4 is 5.73 Å². The highest BCUT2D eigenvalue weighted by Gasteiger charge is 2.17. The van der Waals surface area contributed by atoms with Crippen LogP contribution in [0.1, 0.15) is 16.1 Å². The van der Waals surface area contributed by atoms with Crippen molar-refractivity contribution in [1.29, 1.82) is 0 Å². The number of aryl methyl sites for hydroxylation is 1. The molecule has 1 aromatic rings. The minimum Gasteiger partial charge on any atom is -0.398 e. The third-order valence-electron chi connectivity index (χ3n) is 2.49. The Morgan fingerprint density at radius 2 is 2.33 bits per heavy atom. The number of aromatic nitrogens is 1. The standard InChI is InChI=1S/C12H19N3O3/c1-8-4-11(13)10(5-14-8)12(17)15(2)6-9(16)7-18-3/h4-5,9,16H,6-7H2,1-3H3,(H2,13,14). The number of likely N-dealkylation sites (N-methyl/N-ethyl adjacent to an activating group) is 1. The number of nitrogen functional groups attached to an aromatic ring is 1. The van der Waals surface area contributed by atoms with Gasteiger partial charge < -0.3 is 20.5 Å². The van der Waals surface area contributed by atoms with Gasteiger partial charge in [0.25, 0.3) is 5.91 Å². The second-order valence-electron chi connectivity index (χ2n) is 4.21. The molecule has 0 bridgehead atoms. The fraction of sp³-hybridized carbons (Fsp3) is 0.500. The van der Waals surface area contributed by atoms with Gasteiger partial charge in [-0.05, 0) is 13.0 Å². The van der Waals surface area contributed by atoms with E-state index in [0.29, 0.717) is 11.3 Å². The number of carbonyl (C=O) groups excluding carboxylic acids is 1. The van der Waals surface area contributed by atoms with Crippen molar-refractivity contribution in [1.82, 2.24) is 9.88 Å². The molecule has 1 amide bonds. The molecule has 1 rings (SSSR count). The molecule has 0 spiro atoms. The zero-order valence-corrected chi connectivity index (χ0v) is 10.9. The van der Waals surface area contributed by atoms with E-state index in [1.165, 1.54) is 18.2 Å². The molecular formula is C12H19N3O3.